The van der Waals surface area contributed by atoms with Crippen LogP contribution in [0.2, 0.25) is 0 Å². The Kier molecular flexibility index (Phi) is 11.7. The second kappa shape index (κ2) is 17.4. The molecule has 0 aliphatic carbocycles. The summed E-state index contributed by atoms with van der Waals surface area (Å²) in [5, 5.41) is 6.63. The van der Waals surface area contributed by atoms with Crippen molar-refractivity contribution in [3.8, 4) is 22.8 Å². The van der Waals surface area contributed by atoms with Crippen LogP contribution in [0.25, 0.3) is 34.9 Å². The number of nitrogens with zero attached hydrogens (tertiary/aromatic N) is 8. The average Bonchev–Trinajstić information content (AvgIpc) is 3.26. The van der Waals surface area contributed by atoms with E-state index in [9.17, 15) is 25.9 Å². The SMILES string of the molecule is O=S(=O)(O)c1c(C=Cc2ccccc2)cc(-c2ncnc(N3CCOC(Nc4ccccc4)C3)n2)c(-c2ncnc(N3CCOC(Nc4ccccc4)C3)n2)c1S(=O)(=O)O. The minimum Gasteiger partial charge on any atom is -0.359 e. The van der Waals surface area contributed by atoms with Crippen molar-refractivity contribution in [3.63, 3.8) is 0 Å². The van der Waals surface area contributed by atoms with Gasteiger partial charge in [0.1, 0.15) is 34.9 Å². The quantitative estimate of drug-likeness (QED) is 0.0972. The van der Waals surface area contributed by atoms with Crippen molar-refractivity contribution in [1.82, 2.24) is 29.9 Å². The molecule has 2 fully saturated rings. The van der Waals surface area contributed by atoms with Crippen LogP contribution in [0.1, 0.15) is 11.1 Å². The molecule has 8 rings (SSSR count). The Morgan fingerprint density at radius 2 is 1.10 bits per heavy atom. The first-order valence-electron chi connectivity index (χ1n) is 18.6. The fourth-order valence-corrected chi connectivity index (χ4v) is 9.06. The highest BCUT2D eigenvalue weighted by Crippen LogP contribution is 2.41. The standard InChI is InChI=1S/C40H38N10O8S2/c51-59(52,53)35-28(17-16-27-10-4-1-5-11-27)22-31(37-41-25-43-39(47-37)49-18-20-57-32(23-49)45-29-12-6-2-7-13-29)34(36(35)60(54,55)56)38-42-26-44-40(48-38)50-19-21-58-33(24-50)46-30-14-8-3-9-15-30/h1-17,22,25-26,32-33,45-46H,18-21,23-24H2,(H,51,52,53)(H,54,55,56). The number of benzene rings is 4. The van der Waals surface area contributed by atoms with Gasteiger partial charge in [-0.25, -0.2) is 19.9 Å². The molecule has 6 aromatic rings. The number of anilines is 4. The zero-order chi connectivity index (χ0) is 41.7. The Labute approximate surface area is 345 Å². The average molecular weight is 851 g/mol. The summed E-state index contributed by atoms with van der Waals surface area (Å²) in [6.07, 6.45) is 4.25. The molecule has 20 heteroatoms. The molecule has 0 radical (unpaired) electrons. The highest BCUT2D eigenvalue weighted by molar-refractivity contribution is 7.89. The van der Waals surface area contributed by atoms with E-state index >= 15 is 0 Å². The molecular weight excluding hydrogens is 813 g/mol. The van der Waals surface area contributed by atoms with E-state index in [1.165, 1.54) is 24.5 Å². The molecule has 0 saturated carbocycles. The molecule has 4 heterocycles. The van der Waals surface area contributed by atoms with E-state index in [-0.39, 0.29) is 47.8 Å². The maximum Gasteiger partial charge on any atom is 0.296 e. The summed E-state index contributed by atoms with van der Waals surface area (Å²) in [5.41, 5.74) is 1.39. The first-order valence-corrected chi connectivity index (χ1v) is 21.5. The lowest BCUT2D eigenvalue weighted by atomic mass is 10.0. The molecule has 2 unspecified atom stereocenters. The predicted octanol–water partition coefficient (Wildman–Crippen LogP) is 4.60. The number of nitrogens with one attached hydrogen (secondary N) is 2. The Morgan fingerprint density at radius 1 is 0.617 bits per heavy atom. The van der Waals surface area contributed by atoms with Gasteiger partial charge in [0, 0.05) is 30.0 Å². The largest absolute Gasteiger partial charge is 0.359 e. The summed E-state index contributed by atoms with van der Waals surface area (Å²) in [5.74, 6) is -0.177. The summed E-state index contributed by atoms with van der Waals surface area (Å²) in [6, 6.07) is 29.0. The molecule has 4 N–H and O–H groups in total. The smallest absolute Gasteiger partial charge is 0.296 e. The molecule has 0 spiro atoms. The number of hydrogen-bond donors (Lipinski definition) is 4. The summed E-state index contributed by atoms with van der Waals surface area (Å²) in [6.45, 7) is 1.89. The van der Waals surface area contributed by atoms with Gasteiger partial charge < -0.3 is 29.9 Å². The van der Waals surface area contributed by atoms with Crippen molar-refractivity contribution >= 4 is 55.7 Å². The molecule has 2 aliphatic heterocycles. The van der Waals surface area contributed by atoms with Gasteiger partial charge in [-0.15, -0.1) is 0 Å². The van der Waals surface area contributed by atoms with E-state index in [0.717, 1.165) is 17.7 Å². The van der Waals surface area contributed by atoms with Gasteiger partial charge in [-0.1, -0.05) is 78.9 Å². The molecule has 18 nitrogen and oxygen atoms in total. The van der Waals surface area contributed by atoms with Crippen LogP contribution in [0, 0.1) is 0 Å². The van der Waals surface area contributed by atoms with Gasteiger partial charge in [0.2, 0.25) is 11.9 Å². The van der Waals surface area contributed by atoms with Gasteiger partial charge in [0.05, 0.1) is 31.9 Å². The highest BCUT2D eigenvalue weighted by Gasteiger charge is 2.36. The van der Waals surface area contributed by atoms with Crippen LogP contribution in [0.4, 0.5) is 23.3 Å². The molecule has 2 saturated heterocycles. The second-order valence-corrected chi connectivity index (χ2v) is 16.3. The van der Waals surface area contributed by atoms with Crippen LogP contribution in [-0.4, -0.2) is 108 Å². The lowest BCUT2D eigenvalue weighted by Gasteiger charge is -2.33. The Bertz CT molecular complexity index is 2720. The van der Waals surface area contributed by atoms with Crippen molar-refractivity contribution in [1.29, 1.82) is 0 Å². The van der Waals surface area contributed by atoms with E-state index in [2.05, 4.69) is 35.6 Å². The number of morpholine rings is 2. The van der Waals surface area contributed by atoms with E-state index in [0.29, 0.717) is 31.8 Å². The summed E-state index contributed by atoms with van der Waals surface area (Å²) in [4.78, 5) is 28.1. The predicted molar refractivity (Wildman–Crippen MR) is 223 cm³/mol. The molecule has 2 aromatic heterocycles. The number of rotatable bonds is 12. The van der Waals surface area contributed by atoms with Gasteiger partial charge in [0.25, 0.3) is 20.2 Å². The minimum atomic E-state index is -5.50. The van der Waals surface area contributed by atoms with Crippen molar-refractivity contribution in [3.05, 3.63) is 121 Å². The zero-order valence-electron chi connectivity index (χ0n) is 31.7. The van der Waals surface area contributed by atoms with Crippen LogP contribution < -0.4 is 20.4 Å². The summed E-state index contributed by atoms with van der Waals surface area (Å²) in [7, 11) is -10.9. The van der Waals surface area contributed by atoms with Crippen molar-refractivity contribution in [2.24, 2.45) is 0 Å². The van der Waals surface area contributed by atoms with Crippen molar-refractivity contribution in [2.45, 2.75) is 22.2 Å². The molecule has 0 bridgehead atoms. The van der Waals surface area contributed by atoms with Crippen molar-refractivity contribution < 1.29 is 35.4 Å². The fourth-order valence-electron chi connectivity index (χ4n) is 6.85. The maximum absolute atomic E-state index is 13.6. The Balaban J connectivity index is 1.26. The lowest BCUT2D eigenvalue weighted by molar-refractivity contribution is 0.0584. The van der Waals surface area contributed by atoms with Crippen LogP contribution in [0.3, 0.4) is 0 Å². The molecule has 0 amide bonds. The first kappa shape index (κ1) is 40.4. The summed E-state index contributed by atoms with van der Waals surface area (Å²) >= 11 is 0. The molecular formula is C40H38N10O8S2. The Hall–Kier alpha value is -6.42. The second-order valence-electron chi connectivity index (χ2n) is 13.6. The molecule has 2 atom stereocenters. The van der Waals surface area contributed by atoms with Gasteiger partial charge in [0.15, 0.2) is 11.6 Å². The maximum atomic E-state index is 13.6. The zero-order valence-corrected chi connectivity index (χ0v) is 33.3. The third-order valence-electron chi connectivity index (χ3n) is 9.52. The van der Waals surface area contributed by atoms with Crippen LogP contribution in [-0.2, 0) is 29.7 Å². The highest BCUT2D eigenvalue weighted by atomic mass is 32.2. The fraction of sp³-hybridized carbons (Fsp3) is 0.200. The first-order chi connectivity index (χ1) is 29.0. The van der Waals surface area contributed by atoms with E-state index in [1.54, 1.807) is 35.2 Å². The third kappa shape index (κ3) is 9.38. The molecule has 308 valence electrons. The number of para-hydroxylation sites is 2. The number of ether oxygens (including phenoxy) is 2. The summed E-state index contributed by atoms with van der Waals surface area (Å²) < 4.78 is 87.3. The number of aromatic nitrogens is 6. The van der Waals surface area contributed by atoms with Crippen LogP contribution in [0.15, 0.2) is 120 Å². The molecule has 60 heavy (non-hydrogen) atoms. The van der Waals surface area contributed by atoms with Gasteiger partial charge in [-0.05, 0) is 41.5 Å². The van der Waals surface area contributed by atoms with Gasteiger partial charge >= 0.3 is 0 Å². The number of hydrogen-bond acceptors (Lipinski definition) is 16. The van der Waals surface area contributed by atoms with E-state index < -0.39 is 48.0 Å². The van der Waals surface area contributed by atoms with Crippen LogP contribution in [0.5, 0.6) is 0 Å². The minimum absolute atomic E-state index is 0.0958. The van der Waals surface area contributed by atoms with E-state index in [4.69, 9.17) is 14.5 Å². The Morgan fingerprint density at radius 3 is 1.62 bits per heavy atom. The van der Waals surface area contributed by atoms with Gasteiger partial charge in [-0.3, -0.25) is 9.11 Å². The van der Waals surface area contributed by atoms with E-state index in [1.807, 2.05) is 65.6 Å². The normalized spacial score (nSPS) is 17.4. The molecule has 4 aromatic carbocycles. The lowest BCUT2D eigenvalue weighted by Crippen LogP contribution is -2.46. The van der Waals surface area contributed by atoms with Crippen molar-refractivity contribution in [2.75, 3.05) is 59.8 Å². The van der Waals surface area contributed by atoms with Gasteiger partial charge in [-0.2, -0.15) is 26.8 Å². The van der Waals surface area contributed by atoms with Crippen LogP contribution >= 0.6 is 0 Å². The third-order valence-corrected chi connectivity index (χ3v) is 11.5. The molecule has 2 aliphatic rings. The monoisotopic (exact) mass is 850 g/mol. The topological polar surface area (TPSA) is 235 Å².